The molecule has 0 spiro atoms. The molecular formula is C11H12ClNO6S. The molecule has 0 saturated heterocycles. The van der Waals surface area contributed by atoms with E-state index in [-0.39, 0.29) is 6.42 Å². The van der Waals surface area contributed by atoms with Crippen LogP contribution in [0.4, 0.5) is 0 Å². The maximum atomic E-state index is 11.6. The van der Waals surface area contributed by atoms with Crippen molar-refractivity contribution in [2.75, 3.05) is 5.75 Å². The largest absolute Gasteiger partial charge is 0.480 e. The quantitative estimate of drug-likeness (QED) is 0.650. The topological polar surface area (TPSA) is 121 Å². The van der Waals surface area contributed by atoms with Gasteiger partial charge < -0.3 is 10.4 Å². The number of nitrogens with one attached hydrogen (secondary N) is 1. The third-order valence-corrected chi connectivity index (χ3v) is 3.30. The van der Waals surface area contributed by atoms with E-state index in [0.29, 0.717) is 10.6 Å². The van der Waals surface area contributed by atoms with Crippen LogP contribution in [-0.2, 0) is 26.1 Å². The minimum atomic E-state index is -4.51. The zero-order valence-corrected chi connectivity index (χ0v) is 11.7. The van der Waals surface area contributed by atoms with Gasteiger partial charge in [-0.3, -0.25) is 9.35 Å². The van der Waals surface area contributed by atoms with Crippen LogP contribution in [0.1, 0.15) is 5.56 Å². The van der Waals surface area contributed by atoms with Gasteiger partial charge in [-0.25, -0.2) is 4.79 Å². The second kappa shape index (κ2) is 6.69. The van der Waals surface area contributed by atoms with Crippen molar-refractivity contribution < 1.29 is 27.7 Å². The van der Waals surface area contributed by atoms with Crippen LogP contribution >= 0.6 is 11.6 Å². The van der Waals surface area contributed by atoms with E-state index in [2.05, 4.69) is 0 Å². The van der Waals surface area contributed by atoms with Gasteiger partial charge in [0.15, 0.2) is 0 Å². The van der Waals surface area contributed by atoms with E-state index in [1.54, 1.807) is 24.3 Å². The first kappa shape index (κ1) is 16.4. The third kappa shape index (κ3) is 6.00. The van der Waals surface area contributed by atoms with E-state index in [9.17, 15) is 18.0 Å². The fraction of sp³-hybridized carbons (Fsp3) is 0.273. The monoisotopic (exact) mass is 321 g/mol. The lowest BCUT2D eigenvalue weighted by Gasteiger charge is -2.12. The molecule has 0 aliphatic heterocycles. The fourth-order valence-corrected chi connectivity index (χ4v) is 2.19. The molecule has 7 nitrogen and oxygen atoms in total. The first-order valence-electron chi connectivity index (χ1n) is 5.39. The molecule has 1 atom stereocenters. The molecule has 0 fully saturated rings. The Bertz CT molecular complexity index is 598. The molecule has 0 saturated carbocycles. The molecule has 9 heteroatoms. The van der Waals surface area contributed by atoms with E-state index in [4.69, 9.17) is 21.3 Å². The minimum absolute atomic E-state index is 0.133. The Kier molecular flexibility index (Phi) is 5.49. The smallest absolute Gasteiger partial charge is 0.327 e. The first-order chi connectivity index (χ1) is 9.17. The number of carboxylic acid groups (broad SMARTS) is 1. The lowest BCUT2D eigenvalue weighted by Crippen LogP contribution is -2.45. The Morgan fingerprint density at radius 2 is 1.80 bits per heavy atom. The number of carboxylic acids is 1. The number of benzene rings is 1. The highest BCUT2D eigenvalue weighted by molar-refractivity contribution is 7.85. The van der Waals surface area contributed by atoms with Crippen molar-refractivity contribution in [1.29, 1.82) is 0 Å². The Morgan fingerprint density at radius 3 is 2.25 bits per heavy atom. The Hall–Kier alpha value is -1.64. The second-order valence-corrected chi connectivity index (χ2v) is 5.94. The zero-order valence-electron chi connectivity index (χ0n) is 10.1. The van der Waals surface area contributed by atoms with Gasteiger partial charge in [-0.1, -0.05) is 23.7 Å². The second-order valence-electron chi connectivity index (χ2n) is 4.01. The summed E-state index contributed by atoms with van der Waals surface area (Å²) in [6.07, 6.45) is -0.133. The number of hydrogen-bond acceptors (Lipinski definition) is 4. The Labute approximate surface area is 120 Å². The highest BCUT2D eigenvalue weighted by Crippen LogP contribution is 2.10. The Balaban J connectivity index is 2.67. The molecule has 0 bridgehead atoms. The number of aliphatic carboxylic acids is 1. The molecule has 110 valence electrons. The average Bonchev–Trinajstić information content (AvgIpc) is 2.29. The molecule has 1 amide bonds. The van der Waals surface area contributed by atoms with Gasteiger partial charge in [-0.05, 0) is 17.7 Å². The number of halogens is 1. The average molecular weight is 322 g/mol. The number of hydrogen-bond donors (Lipinski definition) is 3. The lowest BCUT2D eigenvalue weighted by molar-refractivity contribution is -0.141. The number of carbonyl (C=O) groups is 2. The molecule has 1 rings (SSSR count). The first-order valence-corrected chi connectivity index (χ1v) is 7.38. The summed E-state index contributed by atoms with van der Waals surface area (Å²) in [6, 6.07) is 4.60. The van der Waals surface area contributed by atoms with Gasteiger partial charge in [0.05, 0.1) is 6.42 Å². The predicted octanol–water partition coefficient (Wildman–Crippen LogP) is 0.340. The van der Waals surface area contributed by atoms with Crippen LogP contribution in [0.25, 0.3) is 0 Å². The van der Waals surface area contributed by atoms with Gasteiger partial charge in [0.2, 0.25) is 5.91 Å². The van der Waals surface area contributed by atoms with E-state index in [0.717, 1.165) is 0 Å². The van der Waals surface area contributed by atoms with Crippen LogP contribution in [0.15, 0.2) is 24.3 Å². The molecule has 1 aromatic carbocycles. The summed E-state index contributed by atoms with van der Waals surface area (Å²) < 4.78 is 29.9. The van der Waals surface area contributed by atoms with Crippen LogP contribution in [0.5, 0.6) is 0 Å². The van der Waals surface area contributed by atoms with Crippen LogP contribution in [0, 0.1) is 0 Å². The van der Waals surface area contributed by atoms with Crippen LogP contribution < -0.4 is 5.32 Å². The van der Waals surface area contributed by atoms with E-state index in [1.807, 2.05) is 5.32 Å². The van der Waals surface area contributed by atoms with Crippen LogP contribution in [-0.4, -0.2) is 41.7 Å². The van der Waals surface area contributed by atoms with E-state index >= 15 is 0 Å². The number of carbonyl (C=O) groups excluding carboxylic acids is 1. The summed E-state index contributed by atoms with van der Waals surface area (Å²) in [7, 11) is -4.51. The predicted molar refractivity (Wildman–Crippen MR) is 71.1 cm³/mol. The molecule has 3 N–H and O–H groups in total. The van der Waals surface area contributed by atoms with Gasteiger partial charge in [0.25, 0.3) is 10.1 Å². The number of amides is 1. The summed E-state index contributed by atoms with van der Waals surface area (Å²) in [4.78, 5) is 22.4. The van der Waals surface area contributed by atoms with Crippen molar-refractivity contribution in [3.63, 3.8) is 0 Å². The summed E-state index contributed by atoms with van der Waals surface area (Å²) in [5, 5.41) is 11.3. The minimum Gasteiger partial charge on any atom is -0.480 e. The van der Waals surface area contributed by atoms with Crippen LogP contribution in [0.3, 0.4) is 0 Å². The molecule has 0 aliphatic carbocycles. The van der Waals surface area contributed by atoms with E-state index in [1.165, 1.54) is 0 Å². The summed E-state index contributed by atoms with van der Waals surface area (Å²) in [6.45, 7) is 0. The van der Waals surface area contributed by atoms with Gasteiger partial charge in [0, 0.05) is 5.02 Å². The maximum Gasteiger partial charge on any atom is 0.327 e. The van der Waals surface area contributed by atoms with Crippen molar-refractivity contribution in [3.05, 3.63) is 34.9 Å². The highest BCUT2D eigenvalue weighted by atomic mass is 35.5. The molecular weight excluding hydrogens is 310 g/mol. The van der Waals surface area contributed by atoms with Crippen LogP contribution in [0.2, 0.25) is 5.02 Å². The summed E-state index contributed by atoms with van der Waals surface area (Å²) >= 11 is 5.67. The van der Waals surface area contributed by atoms with Crippen molar-refractivity contribution in [3.8, 4) is 0 Å². The van der Waals surface area contributed by atoms with Gasteiger partial charge in [-0.15, -0.1) is 0 Å². The molecule has 1 unspecified atom stereocenters. The normalized spacial score (nSPS) is 12.7. The van der Waals surface area contributed by atoms with Gasteiger partial charge >= 0.3 is 5.97 Å². The van der Waals surface area contributed by atoms with Crippen molar-refractivity contribution in [2.24, 2.45) is 0 Å². The molecule has 0 aromatic heterocycles. The molecule has 20 heavy (non-hydrogen) atoms. The fourth-order valence-electron chi connectivity index (χ4n) is 1.42. The van der Waals surface area contributed by atoms with E-state index < -0.39 is 33.8 Å². The third-order valence-electron chi connectivity index (χ3n) is 2.29. The molecule has 0 aliphatic rings. The van der Waals surface area contributed by atoms with Crippen molar-refractivity contribution in [2.45, 2.75) is 12.5 Å². The standard InChI is InChI=1S/C11H12ClNO6S/c12-8-3-1-7(2-4-8)5-10(14)13-9(11(15)16)6-20(17,18)19/h1-4,9H,5-6H2,(H,13,14)(H,15,16)(H,17,18,19). The number of rotatable bonds is 6. The van der Waals surface area contributed by atoms with Gasteiger partial charge in [-0.2, -0.15) is 8.42 Å². The van der Waals surface area contributed by atoms with Crippen molar-refractivity contribution in [1.82, 2.24) is 5.32 Å². The Morgan fingerprint density at radius 1 is 1.25 bits per heavy atom. The SMILES string of the molecule is O=C(Cc1ccc(Cl)cc1)NC(CS(=O)(=O)O)C(=O)O. The van der Waals surface area contributed by atoms with Crippen molar-refractivity contribution >= 4 is 33.6 Å². The zero-order chi connectivity index (χ0) is 15.3. The lowest BCUT2D eigenvalue weighted by atomic mass is 10.1. The van der Waals surface area contributed by atoms with Gasteiger partial charge in [0.1, 0.15) is 11.8 Å². The molecule has 0 radical (unpaired) electrons. The highest BCUT2D eigenvalue weighted by Gasteiger charge is 2.25. The summed E-state index contributed by atoms with van der Waals surface area (Å²) in [5.74, 6) is -3.32. The molecule has 0 heterocycles. The molecule has 1 aromatic rings. The summed E-state index contributed by atoms with van der Waals surface area (Å²) in [5.41, 5.74) is 0.586. The maximum absolute atomic E-state index is 11.6.